The SMILES string of the molecule is COc1cccc(NC(=O)c2ccnc(Nc3cc(Cl)cc(Cl)c3)c2)c1. The van der Waals surface area contributed by atoms with Crippen LogP contribution >= 0.6 is 23.2 Å². The van der Waals surface area contributed by atoms with Crippen molar-refractivity contribution in [1.29, 1.82) is 0 Å². The van der Waals surface area contributed by atoms with Crippen LogP contribution < -0.4 is 15.4 Å². The highest BCUT2D eigenvalue weighted by atomic mass is 35.5. The summed E-state index contributed by atoms with van der Waals surface area (Å²) in [6.45, 7) is 0. The van der Waals surface area contributed by atoms with Crippen LogP contribution in [0.15, 0.2) is 60.8 Å². The Morgan fingerprint density at radius 1 is 1.00 bits per heavy atom. The maximum Gasteiger partial charge on any atom is 0.255 e. The van der Waals surface area contributed by atoms with Crippen LogP contribution in [0, 0.1) is 0 Å². The molecule has 2 aromatic carbocycles. The lowest BCUT2D eigenvalue weighted by Crippen LogP contribution is -2.12. The van der Waals surface area contributed by atoms with Gasteiger partial charge in [-0.1, -0.05) is 29.3 Å². The van der Waals surface area contributed by atoms with Gasteiger partial charge in [0.2, 0.25) is 0 Å². The number of nitrogens with one attached hydrogen (secondary N) is 2. The Bertz CT molecular complexity index is 927. The molecule has 0 saturated heterocycles. The maximum atomic E-state index is 12.5. The van der Waals surface area contributed by atoms with Crippen molar-refractivity contribution in [3.63, 3.8) is 0 Å². The fraction of sp³-hybridized carbons (Fsp3) is 0.0526. The molecule has 3 rings (SSSR count). The van der Waals surface area contributed by atoms with Gasteiger partial charge >= 0.3 is 0 Å². The topological polar surface area (TPSA) is 63.2 Å². The molecule has 0 aliphatic heterocycles. The van der Waals surface area contributed by atoms with E-state index >= 15 is 0 Å². The van der Waals surface area contributed by atoms with Gasteiger partial charge in [-0.05, 0) is 42.5 Å². The number of ether oxygens (including phenoxy) is 1. The highest BCUT2D eigenvalue weighted by Crippen LogP contribution is 2.25. The first-order valence-corrected chi connectivity index (χ1v) is 8.43. The number of carbonyl (C=O) groups is 1. The van der Waals surface area contributed by atoms with E-state index in [-0.39, 0.29) is 5.91 Å². The molecule has 0 aliphatic carbocycles. The molecule has 5 nitrogen and oxygen atoms in total. The molecule has 1 heterocycles. The molecule has 26 heavy (non-hydrogen) atoms. The summed E-state index contributed by atoms with van der Waals surface area (Å²) in [7, 11) is 1.57. The van der Waals surface area contributed by atoms with Crippen molar-refractivity contribution in [1.82, 2.24) is 4.98 Å². The summed E-state index contributed by atoms with van der Waals surface area (Å²) in [6.07, 6.45) is 1.55. The Balaban J connectivity index is 1.76. The number of nitrogens with zero attached hydrogens (tertiary/aromatic N) is 1. The summed E-state index contributed by atoms with van der Waals surface area (Å²) in [6, 6.07) is 15.5. The lowest BCUT2D eigenvalue weighted by atomic mass is 10.2. The molecule has 1 amide bonds. The van der Waals surface area contributed by atoms with Crippen molar-refractivity contribution >= 4 is 46.3 Å². The minimum Gasteiger partial charge on any atom is -0.497 e. The van der Waals surface area contributed by atoms with Crippen LogP contribution in [0.2, 0.25) is 10.0 Å². The summed E-state index contributed by atoms with van der Waals surface area (Å²) in [5, 5.41) is 6.92. The molecular weight excluding hydrogens is 373 g/mol. The Morgan fingerprint density at radius 3 is 2.50 bits per heavy atom. The van der Waals surface area contributed by atoms with Gasteiger partial charge in [0.25, 0.3) is 5.91 Å². The molecule has 0 unspecified atom stereocenters. The third-order valence-corrected chi connectivity index (χ3v) is 3.92. The number of anilines is 3. The number of methoxy groups -OCH3 is 1. The van der Waals surface area contributed by atoms with Gasteiger partial charge in [0.05, 0.1) is 7.11 Å². The van der Waals surface area contributed by atoms with Crippen molar-refractivity contribution in [2.24, 2.45) is 0 Å². The van der Waals surface area contributed by atoms with Crippen LogP contribution in [0.25, 0.3) is 0 Å². The Hall–Kier alpha value is -2.76. The lowest BCUT2D eigenvalue weighted by Gasteiger charge is -2.10. The van der Waals surface area contributed by atoms with Gasteiger partial charge in [-0.3, -0.25) is 4.79 Å². The predicted molar refractivity (Wildman–Crippen MR) is 105 cm³/mol. The minimum absolute atomic E-state index is 0.257. The lowest BCUT2D eigenvalue weighted by molar-refractivity contribution is 0.102. The van der Waals surface area contributed by atoms with Crippen molar-refractivity contribution < 1.29 is 9.53 Å². The Kier molecular flexibility index (Phi) is 5.61. The second-order valence-electron chi connectivity index (χ2n) is 5.40. The van der Waals surface area contributed by atoms with Crippen molar-refractivity contribution in [3.8, 4) is 5.75 Å². The van der Waals surface area contributed by atoms with Crippen LogP contribution in [0.3, 0.4) is 0 Å². The summed E-state index contributed by atoms with van der Waals surface area (Å²) in [4.78, 5) is 16.7. The molecule has 3 aromatic rings. The second-order valence-corrected chi connectivity index (χ2v) is 6.27. The minimum atomic E-state index is -0.257. The number of amides is 1. The van der Waals surface area contributed by atoms with E-state index < -0.39 is 0 Å². The molecule has 0 saturated carbocycles. The number of carbonyl (C=O) groups excluding carboxylic acids is 1. The summed E-state index contributed by atoms with van der Waals surface area (Å²) in [5.74, 6) is 0.909. The third-order valence-electron chi connectivity index (χ3n) is 3.48. The Labute approximate surface area is 160 Å². The van der Waals surface area contributed by atoms with Crippen LogP contribution in [0.4, 0.5) is 17.2 Å². The van der Waals surface area contributed by atoms with Gasteiger partial charge in [-0.25, -0.2) is 4.98 Å². The quantitative estimate of drug-likeness (QED) is 0.615. The van der Waals surface area contributed by atoms with Gasteiger partial charge in [0.15, 0.2) is 0 Å². The van der Waals surface area contributed by atoms with Crippen LogP contribution in [0.1, 0.15) is 10.4 Å². The van der Waals surface area contributed by atoms with E-state index in [0.717, 1.165) is 0 Å². The largest absolute Gasteiger partial charge is 0.497 e. The first-order chi connectivity index (χ1) is 12.5. The molecule has 0 spiro atoms. The van der Waals surface area contributed by atoms with Gasteiger partial charge < -0.3 is 15.4 Å². The molecule has 7 heteroatoms. The molecule has 1 aromatic heterocycles. The highest BCUT2D eigenvalue weighted by Gasteiger charge is 2.09. The fourth-order valence-corrected chi connectivity index (χ4v) is 2.84. The molecule has 0 bridgehead atoms. The molecular formula is C19H15Cl2N3O2. The van der Waals surface area contributed by atoms with Crippen LogP contribution in [0.5, 0.6) is 5.75 Å². The zero-order valence-electron chi connectivity index (χ0n) is 13.8. The highest BCUT2D eigenvalue weighted by molar-refractivity contribution is 6.35. The van der Waals surface area contributed by atoms with E-state index in [9.17, 15) is 4.79 Å². The summed E-state index contributed by atoms with van der Waals surface area (Å²) < 4.78 is 5.15. The van der Waals surface area contributed by atoms with Crippen LogP contribution in [-0.4, -0.2) is 18.0 Å². The van der Waals surface area contributed by atoms with E-state index in [1.807, 2.05) is 0 Å². The smallest absolute Gasteiger partial charge is 0.255 e. The fourth-order valence-electron chi connectivity index (χ4n) is 2.32. The second kappa shape index (κ2) is 8.08. The Morgan fingerprint density at radius 2 is 1.77 bits per heavy atom. The average Bonchev–Trinajstić information content (AvgIpc) is 2.61. The summed E-state index contributed by atoms with van der Waals surface area (Å²) >= 11 is 12.0. The van der Waals surface area contributed by atoms with Crippen molar-refractivity contribution in [2.75, 3.05) is 17.7 Å². The number of hydrogen-bond donors (Lipinski definition) is 2. The molecule has 0 radical (unpaired) electrons. The maximum absolute atomic E-state index is 12.5. The standard InChI is InChI=1S/C19H15Cl2N3O2/c1-26-17-4-2-3-15(11-17)24-19(25)12-5-6-22-18(7-12)23-16-9-13(20)8-14(21)10-16/h2-11H,1H3,(H,22,23)(H,24,25). The molecule has 0 aliphatic rings. The van der Waals surface area contributed by atoms with E-state index in [2.05, 4.69) is 15.6 Å². The van der Waals surface area contributed by atoms with Crippen molar-refractivity contribution in [3.05, 3.63) is 76.4 Å². The molecule has 2 N–H and O–H groups in total. The van der Waals surface area contributed by atoms with E-state index in [0.29, 0.717) is 38.6 Å². The number of benzene rings is 2. The van der Waals surface area contributed by atoms with Gasteiger partial charge in [-0.2, -0.15) is 0 Å². The predicted octanol–water partition coefficient (Wildman–Crippen LogP) is 5.39. The van der Waals surface area contributed by atoms with Crippen LogP contribution in [-0.2, 0) is 0 Å². The number of pyridine rings is 1. The van der Waals surface area contributed by atoms with Gasteiger partial charge in [-0.15, -0.1) is 0 Å². The van der Waals surface area contributed by atoms with Gasteiger partial charge in [0.1, 0.15) is 11.6 Å². The van der Waals surface area contributed by atoms with E-state index in [4.69, 9.17) is 27.9 Å². The number of aromatic nitrogens is 1. The zero-order valence-corrected chi connectivity index (χ0v) is 15.3. The number of hydrogen-bond acceptors (Lipinski definition) is 4. The molecule has 132 valence electrons. The van der Waals surface area contributed by atoms with Crippen molar-refractivity contribution in [2.45, 2.75) is 0 Å². The first kappa shape index (κ1) is 18.0. The monoisotopic (exact) mass is 387 g/mol. The third kappa shape index (κ3) is 4.65. The van der Waals surface area contributed by atoms with E-state index in [1.54, 1.807) is 67.9 Å². The molecule has 0 fully saturated rings. The zero-order chi connectivity index (χ0) is 18.5. The van der Waals surface area contributed by atoms with Gasteiger partial charge in [0, 0.05) is 39.2 Å². The normalized spacial score (nSPS) is 10.3. The average molecular weight is 388 g/mol. The first-order valence-electron chi connectivity index (χ1n) is 7.68. The number of rotatable bonds is 5. The number of halogens is 2. The summed E-state index contributed by atoms with van der Waals surface area (Å²) in [5.41, 5.74) is 1.78. The molecule has 0 atom stereocenters. The van der Waals surface area contributed by atoms with E-state index in [1.165, 1.54) is 0 Å².